The third kappa shape index (κ3) is 10.8. The molecule has 0 unspecified atom stereocenters. The summed E-state index contributed by atoms with van der Waals surface area (Å²) in [5.74, 6) is 1.09. The first-order valence-corrected chi connectivity index (χ1v) is 12.0. The van der Waals surface area contributed by atoms with Crippen LogP contribution in [0.25, 0.3) is 0 Å². The lowest BCUT2D eigenvalue weighted by molar-refractivity contribution is -0.143. The summed E-state index contributed by atoms with van der Waals surface area (Å²) >= 11 is 6.20. The molecule has 0 aliphatic rings. The van der Waals surface area contributed by atoms with Gasteiger partial charge in [0.05, 0.1) is 12.3 Å². The van der Waals surface area contributed by atoms with E-state index in [0.29, 0.717) is 36.1 Å². The number of rotatable bonds is 12. The van der Waals surface area contributed by atoms with E-state index in [9.17, 15) is 9.59 Å². The third-order valence-corrected chi connectivity index (χ3v) is 4.82. The van der Waals surface area contributed by atoms with Crippen LogP contribution in [0.3, 0.4) is 0 Å². The number of ether oxygens (including phenoxy) is 3. The first-order valence-electron chi connectivity index (χ1n) is 11.6. The molecule has 0 fully saturated rings. The number of hydrogen-bond acceptors (Lipinski definition) is 6. The van der Waals surface area contributed by atoms with Gasteiger partial charge >= 0.3 is 12.1 Å². The van der Waals surface area contributed by atoms with Crippen molar-refractivity contribution in [1.82, 2.24) is 5.32 Å². The molecule has 186 valence electrons. The maximum absolute atomic E-state index is 11.9. The van der Waals surface area contributed by atoms with Crippen molar-refractivity contribution in [1.29, 1.82) is 0 Å². The van der Waals surface area contributed by atoms with E-state index in [1.54, 1.807) is 12.1 Å². The van der Waals surface area contributed by atoms with Gasteiger partial charge in [0.2, 0.25) is 0 Å². The summed E-state index contributed by atoms with van der Waals surface area (Å²) < 4.78 is 16.3. The summed E-state index contributed by atoms with van der Waals surface area (Å²) in [6.07, 6.45) is 2.61. The average Bonchev–Trinajstić information content (AvgIpc) is 2.75. The second-order valence-electron chi connectivity index (χ2n) is 8.79. The van der Waals surface area contributed by atoms with E-state index in [1.807, 2.05) is 58.0 Å². The highest BCUT2D eigenvalue weighted by atomic mass is 35.5. The molecule has 0 aliphatic carbocycles. The van der Waals surface area contributed by atoms with Crippen molar-refractivity contribution in [2.24, 2.45) is 0 Å². The largest absolute Gasteiger partial charge is 0.466 e. The molecule has 1 amide bonds. The number of alkyl carbamates (subject to hydrolysis) is 1. The number of amides is 1. The van der Waals surface area contributed by atoms with E-state index in [2.05, 4.69) is 10.6 Å². The maximum atomic E-state index is 11.9. The number of halogens is 1. The molecule has 2 N–H and O–H groups in total. The molecule has 0 saturated heterocycles. The summed E-state index contributed by atoms with van der Waals surface area (Å²) in [4.78, 5) is 23.3. The van der Waals surface area contributed by atoms with Crippen LogP contribution in [0.4, 0.5) is 10.5 Å². The monoisotopic (exact) mass is 490 g/mol. The van der Waals surface area contributed by atoms with E-state index in [4.69, 9.17) is 25.8 Å². The predicted molar refractivity (Wildman–Crippen MR) is 135 cm³/mol. The fraction of sp³-hybridized carbons (Fsp3) is 0.462. The van der Waals surface area contributed by atoms with E-state index in [-0.39, 0.29) is 5.97 Å². The van der Waals surface area contributed by atoms with Crippen LogP contribution in [-0.4, -0.2) is 30.8 Å². The number of hydrogen-bond donors (Lipinski definition) is 2. The van der Waals surface area contributed by atoms with Crippen molar-refractivity contribution in [2.75, 3.05) is 18.5 Å². The summed E-state index contributed by atoms with van der Waals surface area (Å²) in [6.45, 7) is 8.75. The molecule has 0 spiro atoms. The molecule has 7 nitrogen and oxygen atoms in total. The van der Waals surface area contributed by atoms with Crippen molar-refractivity contribution >= 4 is 29.4 Å². The molecule has 2 rings (SSSR count). The van der Waals surface area contributed by atoms with Gasteiger partial charge in [-0.25, -0.2) is 4.79 Å². The van der Waals surface area contributed by atoms with Gasteiger partial charge in [0.25, 0.3) is 0 Å². The van der Waals surface area contributed by atoms with Gasteiger partial charge in [-0.05, 0) is 70.4 Å². The SMILES string of the molecule is CCOC(=O)CCCCCNc1ccc(Cl)cc1Oc1cccc(CNC(=O)OC(C)(C)C)c1. The van der Waals surface area contributed by atoms with Gasteiger partial charge in [0.1, 0.15) is 11.4 Å². The molecule has 2 aromatic carbocycles. The fourth-order valence-corrected chi connectivity index (χ4v) is 3.25. The van der Waals surface area contributed by atoms with Crippen LogP contribution in [-0.2, 0) is 20.8 Å². The number of carbonyl (C=O) groups is 2. The Morgan fingerprint density at radius 3 is 2.56 bits per heavy atom. The Bertz CT molecular complexity index is 943. The average molecular weight is 491 g/mol. The Labute approximate surface area is 207 Å². The van der Waals surface area contributed by atoms with Gasteiger partial charge < -0.3 is 24.8 Å². The molecule has 0 atom stereocenters. The first kappa shape index (κ1) is 27.3. The summed E-state index contributed by atoms with van der Waals surface area (Å²) in [5, 5.41) is 6.69. The predicted octanol–water partition coefficient (Wildman–Crippen LogP) is 6.69. The quantitative estimate of drug-likeness (QED) is 0.254. The molecule has 0 aromatic heterocycles. The minimum absolute atomic E-state index is 0.146. The number of nitrogens with one attached hydrogen (secondary N) is 2. The van der Waals surface area contributed by atoms with Gasteiger partial charge in [0, 0.05) is 30.6 Å². The summed E-state index contributed by atoms with van der Waals surface area (Å²) in [7, 11) is 0. The van der Waals surface area contributed by atoms with Crippen LogP contribution in [0.5, 0.6) is 11.5 Å². The lowest BCUT2D eigenvalue weighted by Gasteiger charge is -2.19. The number of benzene rings is 2. The van der Waals surface area contributed by atoms with E-state index in [0.717, 1.165) is 37.1 Å². The standard InChI is InChI=1S/C26H35ClN2O5/c1-5-32-24(30)12-7-6-8-15-28-22-14-13-20(27)17-23(22)33-21-11-9-10-19(16-21)18-29-25(31)34-26(2,3)4/h9-11,13-14,16-17,28H,5-8,12,15,18H2,1-4H3,(H,29,31). The zero-order chi connectivity index (χ0) is 25.0. The van der Waals surface area contributed by atoms with Crippen molar-refractivity contribution in [2.45, 2.75) is 65.5 Å². The maximum Gasteiger partial charge on any atom is 0.407 e. The highest BCUT2D eigenvalue weighted by molar-refractivity contribution is 6.30. The van der Waals surface area contributed by atoms with E-state index < -0.39 is 11.7 Å². The zero-order valence-corrected chi connectivity index (χ0v) is 21.2. The number of anilines is 1. The van der Waals surface area contributed by atoms with Gasteiger partial charge in [-0.3, -0.25) is 4.79 Å². The highest BCUT2D eigenvalue weighted by Crippen LogP contribution is 2.32. The Kier molecular flexibility index (Phi) is 11.0. The van der Waals surface area contributed by atoms with E-state index in [1.165, 1.54) is 0 Å². The Balaban J connectivity index is 1.90. The lowest BCUT2D eigenvalue weighted by Crippen LogP contribution is -2.32. The van der Waals surface area contributed by atoms with Gasteiger partial charge in [-0.15, -0.1) is 0 Å². The Morgan fingerprint density at radius 1 is 1.03 bits per heavy atom. The lowest BCUT2D eigenvalue weighted by atomic mass is 10.2. The minimum Gasteiger partial charge on any atom is -0.466 e. The number of unbranched alkanes of at least 4 members (excludes halogenated alkanes) is 2. The molecule has 34 heavy (non-hydrogen) atoms. The molecule has 0 radical (unpaired) electrons. The number of carbonyl (C=O) groups excluding carboxylic acids is 2. The third-order valence-electron chi connectivity index (χ3n) is 4.58. The molecule has 0 bridgehead atoms. The van der Waals surface area contributed by atoms with Crippen LogP contribution in [0.2, 0.25) is 5.02 Å². The topological polar surface area (TPSA) is 85.9 Å². The highest BCUT2D eigenvalue weighted by Gasteiger charge is 2.15. The summed E-state index contributed by atoms with van der Waals surface area (Å²) in [5.41, 5.74) is 1.15. The molecule has 0 saturated carbocycles. The minimum atomic E-state index is -0.550. The van der Waals surface area contributed by atoms with Crippen LogP contribution < -0.4 is 15.4 Å². The molecule has 2 aromatic rings. The van der Waals surface area contributed by atoms with Crippen LogP contribution >= 0.6 is 11.6 Å². The number of esters is 1. The van der Waals surface area contributed by atoms with Crippen LogP contribution in [0.1, 0.15) is 58.9 Å². The Hall–Kier alpha value is -2.93. The fourth-order valence-electron chi connectivity index (χ4n) is 3.09. The van der Waals surface area contributed by atoms with Crippen LogP contribution in [0, 0.1) is 0 Å². The molecular weight excluding hydrogens is 456 g/mol. The van der Waals surface area contributed by atoms with Gasteiger partial charge in [-0.2, -0.15) is 0 Å². The van der Waals surface area contributed by atoms with Crippen LogP contribution in [0.15, 0.2) is 42.5 Å². The van der Waals surface area contributed by atoms with Gasteiger partial charge in [-0.1, -0.05) is 30.2 Å². The first-order chi connectivity index (χ1) is 16.2. The zero-order valence-electron chi connectivity index (χ0n) is 20.4. The van der Waals surface area contributed by atoms with Crippen molar-refractivity contribution < 1.29 is 23.8 Å². The molecular formula is C26H35ClN2O5. The second-order valence-corrected chi connectivity index (χ2v) is 9.22. The normalized spacial score (nSPS) is 11.0. The molecule has 0 heterocycles. The molecule has 0 aliphatic heterocycles. The van der Waals surface area contributed by atoms with Crippen molar-refractivity contribution in [3.8, 4) is 11.5 Å². The Morgan fingerprint density at radius 2 is 1.82 bits per heavy atom. The van der Waals surface area contributed by atoms with Crippen molar-refractivity contribution in [3.63, 3.8) is 0 Å². The molecule has 8 heteroatoms. The summed E-state index contributed by atoms with van der Waals surface area (Å²) in [6, 6.07) is 12.9. The smallest absolute Gasteiger partial charge is 0.407 e. The van der Waals surface area contributed by atoms with E-state index >= 15 is 0 Å². The second kappa shape index (κ2) is 13.7. The van der Waals surface area contributed by atoms with Crippen molar-refractivity contribution in [3.05, 3.63) is 53.1 Å². The van der Waals surface area contributed by atoms with Gasteiger partial charge in [0.15, 0.2) is 5.75 Å².